The summed E-state index contributed by atoms with van der Waals surface area (Å²) in [6, 6.07) is 14.1. The van der Waals surface area contributed by atoms with E-state index in [2.05, 4.69) is 15.4 Å². The standard InChI is InChI=1S/C17H13F3N4OS/c18-17(19,20)13-8-4-5-9-14(13)23-15(25)10-26-16-21-11-22-24(16)12-6-2-1-3-7-12/h1-9,11H,10H2,(H,23,25). The van der Waals surface area contributed by atoms with Crippen LogP contribution >= 0.6 is 11.8 Å². The van der Waals surface area contributed by atoms with Gasteiger partial charge in [-0.15, -0.1) is 0 Å². The molecule has 26 heavy (non-hydrogen) atoms. The van der Waals surface area contributed by atoms with Gasteiger partial charge >= 0.3 is 6.18 Å². The van der Waals surface area contributed by atoms with Gasteiger partial charge in [0.05, 0.1) is 22.7 Å². The molecule has 0 aliphatic heterocycles. The van der Waals surface area contributed by atoms with Gasteiger partial charge in [0.25, 0.3) is 0 Å². The number of benzene rings is 2. The van der Waals surface area contributed by atoms with E-state index in [-0.39, 0.29) is 11.4 Å². The number of nitrogens with one attached hydrogen (secondary N) is 1. The molecule has 0 aliphatic rings. The maximum atomic E-state index is 13.0. The highest BCUT2D eigenvalue weighted by Gasteiger charge is 2.33. The minimum Gasteiger partial charge on any atom is -0.325 e. The number of carbonyl (C=O) groups is 1. The van der Waals surface area contributed by atoms with Gasteiger partial charge in [0.15, 0.2) is 5.16 Å². The Morgan fingerprint density at radius 2 is 1.77 bits per heavy atom. The second kappa shape index (κ2) is 7.61. The van der Waals surface area contributed by atoms with E-state index >= 15 is 0 Å². The molecule has 3 rings (SSSR count). The molecule has 1 heterocycles. The molecule has 1 amide bonds. The van der Waals surface area contributed by atoms with Crippen molar-refractivity contribution in [3.8, 4) is 5.69 Å². The van der Waals surface area contributed by atoms with Gasteiger partial charge < -0.3 is 5.32 Å². The minimum atomic E-state index is -4.54. The van der Waals surface area contributed by atoms with Crippen LogP contribution in [0.15, 0.2) is 66.1 Å². The van der Waals surface area contributed by atoms with Crippen molar-refractivity contribution >= 4 is 23.4 Å². The summed E-state index contributed by atoms with van der Waals surface area (Å²) in [5, 5.41) is 6.87. The van der Waals surface area contributed by atoms with Crippen molar-refractivity contribution in [3.63, 3.8) is 0 Å². The van der Waals surface area contributed by atoms with Crippen LogP contribution < -0.4 is 5.32 Å². The van der Waals surface area contributed by atoms with E-state index in [1.165, 1.54) is 24.5 Å². The number of aromatic nitrogens is 3. The lowest BCUT2D eigenvalue weighted by Gasteiger charge is -2.13. The maximum Gasteiger partial charge on any atom is 0.418 e. The maximum absolute atomic E-state index is 13.0. The van der Waals surface area contributed by atoms with Crippen molar-refractivity contribution in [2.45, 2.75) is 11.3 Å². The van der Waals surface area contributed by atoms with Crippen LogP contribution in [0.4, 0.5) is 18.9 Å². The Morgan fingerprint density at radius 3 is 2.50 bits per heavy atom. The van der Waals surface area contributed by atoms with Crippen LogP contribution in [0.2, 0.25) is 0 Å². The number of para-hydroxylation sites is 2. The topological polar surface area (TPSA) is 59.8 Å². The van der Waals surface area contributed by atoms with E-state index in [9.17, 15) is 18.0 Å². The molecule has 0 atom stereocenters. The first kappa shape index (κ1) is 18.0. The van der Waals surface area contributed by atoms with Gasteiger partial charge in [-0.05, 0) is 24.3 Å². The monoisotopic (exact) mass is 378 g/mol. The van der Waals surface area contributed by atoms with Crippen molar-refractivity contribution in [1.29, 1.82) is 0 Å². The summed E-state index contributed by atoms with van der Waals surface area (Å²) in [4.78, 5) is 16.2. The van der Waals surface area contributed by atoms with E-state index in [4.69, 9.17) is 0 Å². The lowest BCUT2D eigenvalue weighted by atomic mass is 10.1. The lowest BCUT2D eigenvalue weighted by Crippen LogP contribution is -2.18. The first-order valence-electron chi connectivity index (χ1n) is 7.49. The Morgan fingerprint density at radius 1 is 1.08 bits per heavy atom. The van der Waals surface area contributed by atoms with Gasteiger partial charge in [0, 0.05) is 0 Å². The molecule has 0 saturated carbocycles. The Hall–Kier alpha value is -2.81. The summed E-state index contributed by atoms with van der Waals surface area (Å²) < 4.78 is 40.5. The number of thioether (sulfide) groups is 1. The first-order chi connectivity index (χ1) is 12.4. The molecule has 5 nitrogen and oxygen atoms in total. The van der Waals surface area contributed by atoms with Crippen LogP contribution in [0.25, 0.3) is 5.69 Å². The zero-order chi connectivity index (χ0) is 18.6. The molecule has 0 spiro atoms. The molecule has 0 bridgehead atoms. The Kier molecular flexibility index (Phi) is 5.27. The molecule has 0 unspecified atom stereocenters. The van der Waals surface area contributed by atoms with Crippen molar-refractivity contribution in [1.82, 2.24) is 14.8 Å². The van der Waals surface area contributed by atoms with Crippen molar-refractivity contribution in [3.05, 3.63) is 66.5 Å². The molecule has 0 saturated heterocycles. The molecule has 0 aliphatic carbocycles. The first-order valence-corrected chi connectivity index (χ1v) is 8.48. The smallest absolute Gasteiger partial charge is 0.325 e. The van der Waals surface area contributed by atoms with Gasteiger partial charge in [-0.3, -0.25) is 4.79 Å². The molecule has 1 N–H and O–H groups in total. The van der Waals surface area contributed by atoms with E-state index < -0.39 is 17.6 Å². The Bertz CT molecular complexity index is 896. The summed E-state index contributed by atoms with van der Waals surface area (Å²) in [5.74, 6) is -0.660. The molecule has 2 aromatic carbocycles. The van der Waals surface area contributed by atoms with Crippen LogP contribution in [0.5, 0.6) is 0 Å². The second-order valence-electron chi connectivity index (χ2n) is 5.17. The summed E-state index contributed by atoms with van der Waals surface area (Å²) in [7, 11) is 0. The fourth-order valence-electron chi connectivity index (χ4n) is 2.23. The number of carbonyl (C=O) groups excluding carboxylic acids is 1. The quantitative estimate of drug-likeness (QED) is 0.682. The van der Waals surface area contributed by atoms with Crippen molar-refractivity contribution < 1.29 is 18.0 Å². The predicted octanol–water partition coefficient (Wildman–Crippen LogP) is 4.02. The molecule has 9 heteroatoms. The molecular formula is C17H13F3N4OS. The number of alkyl halides is 3. The van der Waals surface area contributed by atoms with Gasteiger partial charge in [-0.2, -0.15) is 18.3 Å². The van der Waals surface area contributed by atoms with E-state index in [1.54, 1.807) is 4.68 Å². The number of halogens is 3. The van der Waals surface area contributed by atoms with Crippen molar-refractivity contribution in [2.75, 3.05) is 11.1 Å². The van der Waals surface area contributed by atoms with Gasteiger partial charge in [-0.1, -0.05) is 42.1 Å². The SMILES string of the molecule is O=C(CSc1ncnn1-c1ccccc1)Nc1ccccc1C(F)(F)F. The number of amides is 1. The zero-order valence-electron chi connectivity index (χ0n) is 13.3. The van der Waals surface area contributed by atoms with Gasteiger partial charge in [-0.25, -0.2) is 9.67 Å². The predicted molar refractivity (Wildman–Crippen MR) is 92.2 cm³/mol. The van der Waals surface area contributed by atoms with E-state index in [0.29, 0.717) is 5.16 Å². The molecule has 0 radical (unpaired) electrons. The largest absolute Gasteiger partial charge is 0.418 e. The fourth-order valence-corrected chi connectivity index (χ4v) is 2.96. The molecular weight excluding hydrogens is 365 g/mol. The van der Waals surface area contributed by atoms with Crippen LogP contribution in [0.1, 0.15) is 5.56 Å². The average Bonchev–Trinajstić information content (AvgIpc) is 3.09. The highest BCUT2D eigenvalue weighted by Crippen LogP contribution is 2.34. The average molecular weight is 378 g/mol. The number of hydrogen-bond donors (Lipinski definition) is 1. The van der Waals surface area contributed by atoms with Gasteiger partial charge in [0.2, 0.25) is 5.91 Å². The molecule has 0 fully saturated rings. The summed E-state index contributed by atoms with van der Waals surface area (Å²) in [6.07, 6.45) is -3.18. The van der Waals surface area contributed by atoms with Crippen LogP contribution in [0, 0.1) is 0 Å². The number of hydrogen-bond acceptors (Lipinski definition) is 4. The second-order valence-corrected chi connectivity index (χ2v) is 6.11. The number of rotatable bonds is 5. The third-order valence-electron chi connectivity index (χ3n) is 3.36. The third-order valence-corrected chi connectivity index (χ3v) is 4.30. The minimum absolute atomic E-state index is 0.0995. The van der Waals surface area contributed by atoms with Crippen LogP contribution in [0.3, 0.4) is 0 Å². The lowest BCUT2D eigenvalue weighted by molar-refractivity contribution is -0.137. The molecule has 134 valence electrons. The third kappa shape index (κ3) is 4.23. The summed E-state index contributed by atoms with van der Waals surface area (Å²) in [6.45, 7) is 0. The molecule has 1 aromatic heterocycles. The van der Waals surface area contributed by atoms with Crippen molar-refractivity contribution in [2.24, 2.45) is 0 Å². The van der Waals surface area contributed by atoms with Crippen LogP contribution in [-0.2, 0) is 11.0 Å². The Labute approximate surface area is 151 Å². The number of anilines is 1. The van der Waals surface area contributed by atoms with E-state index in [0.717, 1.165) is 23.5 Å². The highest BCUT2D eigenvalue weighted by atomic mass is 32.2. The molecule has 3 aromatic rings. The normalized spacial score (nSPS) is 11.3. The summed E-state index contributed by atoms with van der Waals surface area (Å²) >= 11 is 1.09. The highest BCUT2D eigenvalue weighted by molar-refractivity contribution is 7.99. The summed E-state index contributed by atoms with van der Waals surface area (Å²) in [5.41, 5.74) is -0.378. The Balaban J connectivity index is 1.68. The number of nitrogens with zero attached hydrogens (tertiary/aromatic N) is 3. The zero-order valence-corrected chi connectivity index (χ0v) is 14.1. The van der Waals surface area contributed by atoms with Gasteiger partial charge in [0.1, 0.15) is 6.33 Å². The van der Waals surface area contributed by atoms with E-state index in [1.807, 2.05) is 30.3 Å². The fraction of sp³-hybridized carbons (Fsp3) is 0.118. The van der Waals surface area contributed by atoms with Crippen LogP contribution in [-0.4, -0.2) is 26.4 Å².